The van der Waals surface area contributed by atoms with Gasteiger partial charge in [0.05, 0.1) is 19.0 Å². The summed E-state index contributed by atoms with van der Waals surface area (Å²) in [5.74, 6) is -0.400. The minimum absolute atomic E-state index is 0.0387. The Labute approximate surface area is 174 Å². The predicted octanol–water partition coefficient (Wildman–Crippen LogP) is 3.10. The number of amidine groups is 1. The lowest BCUT2D eigenvalue weighted by Gasteiger charge is -2.43. The van der Waals surface area contributed by atoms with E-state index in [1.165, 1.54) is 30.0 Å². The number of aliphatic imine (C=N–C) groups is 1. The van der Waals surface area contributed by atoms with Gasteiger partial charge in [-0.25, -0.2) is 23.1 Å². The van der Waals surface area contributed by atoms with Gasteiger partial charge >= 0.3 is 0 Å². The molecule has 0 radical (unpaired) electrons. The zero-order valence-corrected chi connectivity index (χ0v) is 16.5. The number of aromatic nitrogens is 2. The Bertz CT molecular complexity index is 989. The van der Waals surface area contributed by atoms with E-state index in [0.717, 1.165) is 12.4 Å². The standard InChI is InChI=1S/C19H18F3N5O2S/c20-13-2-1-11(26-17(28)15-7-24-14(6-25-15)16(21)22)5-12(13)19-9-29-4-3-10(19)8-30-18(23)27-19/h1-2,5-7,10,16H,3-4,8-9H2,(H2,23,27)(H,26,28)/t10-,19-/m0/s1. The molecule has 1 amide bonds. The fourth-order valence-corrected chi connectivity index (χ4v) is 4.67. The van der Waals surface area contributed by atoms with Crippen LogP contribution in [0.2, 0.25) is 0 Å². The summed E-state index contributed by atoms with van der Waals surface area (Å²) in [5.41, 5.74) is 4.91. The van der Waals surface area contributed by atoms with E-state index in [0.29, 0.717) is 29.6 Å². The van der Waals surface area contributed by atoms with Gasteiger partial charge in [0.2, 0.25) is 0 Å². The summed E-state index contributed by atoms with van der Waals surface area (Å²) >= 11 is 1.43. The van der Waals surface area contributed by atoms with Gasteiger partial charge in [0.15, 0.2) is 5.17 Å². The first kappa shape index (κ1) is 20.6. The topological polar surface area (TPSA) is 102 Å². The number of nitrogens with two attached hydrogens (primary N) is 1. The second kappa shape index (κ2) is 8.23. The number of nitrogens with one attached hydrogen (secondary N) is 1. The highest BCUT2D eigenvalue weighted by atomic mass is 32.2. The van der Waals surface area contributed by atoms with Crippen molar-refractivity contribution in [2.75, 3.05) is 24.3 Å². The van der Waals surface area contributed by atoms with Crippen LogP contribution in [0.15, 0.2) is 35.6 Å². The van der Waals surface area contributed by atoms with Crippen molar-refractivity contribution < 1.29 is 22.7 Å². The molecule has 2 aliphatic heterocycles. The molecule has 0 aliphatic carbocycles. The van der Waals surface area contributed by atoms with Gasteiger partial charge in [-0.15, -0.1) is 0 Å². The van der Waals surface area contributed by atoms with Gasteiger partial charge in [0, 0.05) is 29.5 Å². The van der Waals surface area contributed by atoms with Crippen molar-refractivity contribution in [2.45, 2.75) is 18.4 Å². The number of thioether (sulfide) groups is 1. The molecule has 7 nitrogen and oxygen atoms in total. The predicted molar refractivity (Wildman–Crippen MR) is 106 cm³/mol. The van der Waals surface area contributed by atoms with Crippen LogP contribution in [0.5, 0.6) is 0 Å². The number of ether oxygens (including phenoxy) is 1. The average molecular weight is 437 g/mol. The molecule has 0 saturated carbocycles. The number of hydrogen-bond acceptors (Lipinski definition) is 7. The maximum Gasteiger partial charge on any atom is 0.281 e. The van der Waals surface area contributed by atoms with E-state index >= 15 is 0 Å². The molecular weight excluding hydrogens is 419 g/mol. The minimum Gasteiger partial charge on any atom is -0.379 e. The number of nitrogens with zero attached hydrogens (tertiary/aromatic N) is 3. The highest BCUT2D eigenvalue weighted by molar-refractivity contribution is 8.13. The number of anilines is 1. The molecule has 30 heavy (non-hydrogen) atoms. The fourth-order valence-electron chi connectivity index (χ4n) is 3.63. The first-order valence-electron chi connectivity index (χ1n) is 9.16. The highest BCUT2D eigenvalue weighted by Crippen LogP contribution is 2.45. The van der Waals surface area contributed by atoms with E-state index in [4.69, 9.17) is 10.5 Å². The summed E-state index contributed by atoms with van der Waals surface area (Å²) in [5, 5.41) is 2.96. The number of hydrogen-bond donors (Lipinski definition) is 2. The zero-order valence-electron chi connectivity index (χ0n) is 15.6. The number of halogens is 3. The van der Waals surface area contributed by atoms with Crippen molar-refractivity contribution in [1.82, 2.24) is 9.97 Å². The smallest absolute Gasteiger partial charge is 0.281 e. The average Bonchev–Trinajstić information content (AvgIpc) is 2.74. The molecule has 2 aromatic rings. The van der Waals surface area contributed by atoms with Crippen molar-refractivity contribution in [1.29, 1.82) is 0 Å². The quantitative estimate of drug-likeness (QED) is 0.762. The highest BCUT2D eigenvalue weighted by Gasteiger charge is 2.47. The molecule has 2 atom stereocenters. The molecule has 3 N–H and O–H groups in total. The number of carbonyl (C=O) groups is 1. The second-order valence-electron chi connectivity index (χ2n) is 7.00. The Morgan fingerprint density at radius 2 is 2.17 bits per heavy atom. The van der Waals surface area contributed by atoms with Gasteiger partial charge in [0.25, 0.3) is 12.3 Å². The van der Waals surface area contributed by atoms with Crippen LogP contribution < -0.4 is 11.1 Å². The number of benzene rings is 1. The van der Waals surface area contributed by atoms with Crippen molar-refractivity contribution in [3.63, 3.8) is 0 Å². The van der Waals surface area contributed by atoms with Crippen molar-refractivity contribution >= 4 is 28.5 Å². The lowest BCUT2D eigenvalue weighted by molar-refractivity contribution is 0.00304. The summed E-state index contributed by atoms with van der Waals surface area (Å²) < 4.78 is 45.7. The Hall–Kier alpha value is -2.66. The molecule has 1 aromatic carbocycles. The molecule has 0 bridgehead atoms. The van der Waals surface area contributed by atoms with E-state index in [-0.39, 0.29) is 23.8 Å². The van der Waals surface area contributed by atoms with Crippen LogP contribution in [-0.2, 0) is 10.3 Å². The Kier molecular flexibility index (Phi) is 5.65. The first-order chi connectivity index (χ1) is 14.4. The molecule has 2 aliphatic rings. The van der Waals surface area contributed by atoms with Gasteiger partial charge in [0.1, 0.15) is 22.7 Å². The van der Waals surface area contributed by atoms with Crippen LogP contribution in [0.1, 0.15) is 34.6 Å². The minimum atomic E-state index is -2.78. The third kappa shape index (κ3) is 3.86. The molecule has 1 saturated heterocycles. The summed E-state index contributed by atoms with van der Waals surface area (Å²) in [6, 6.07) is 4.14. The van der Waals surface area contributed by atoms with Crippen molar-refractivity contribution in [2.24, 2.45) is 16.6 Å². The first-order valence-corrected chi connectivity index (χ1v) is 10.1. The molecule has 1 fully saturated rings. The Morgan fingerprint density at radius 3 is 2.90 bits per heavy atom. The van der Waals surface area contributed by atoms with E-state index in [9.17, 15) is 18.0 Å². The zero-order chi connectivity index (χ0) is 21.3. The maximum absolute atomic E-state index is 14.8. The van der Waals surface area contributed by atoms with E-state index in [1.807, 2.05) is 0 Å². The maximum atomic E-state index is 14.8. The summed E-state index contributed by atoms with van der Waals surface area (Å²) in [4.78, 5) is 24.2. The summed E-state index contributed by atoms with van der Waals surface area (Å²) in [6.07, 6.45) is -0.253. The van der Waals surface area contributed by atoms with Gasteiger partial charge in [-0.1, -0.05) is 11.8 Å². The van der Waals surface area contributed by atoms with Crippen LogP contribution in [0.25, 0.3) is 0 Å². The molecule has 0 unspecified atom stereocenters. The molecular formula is C19H18F3N5O2S. The molecule has 3 heterocycles. The van der Waals surface area contributed by atoms with Crippen LogP contribution in [0, 0.1) is 11.7 Å². The Morgan fingerprint density at radius 1 is 1.33 bits per heavy atom. The van der Waals surface area contributed by atoms with E-state index in [2.05, 4.69) is 20.3 Å². The summed E-state index contributed by atoms with van der Waals surface area (Å²) in [7, 11) is 0. The van der Waals surface area contributed by atoms with Gasteiger partial charge in [-0.2, -0.15) is 0 Å². The molecule has 4 rings (SSSR count). The van der Waals surface area contributed by atoms with Crippen LogP contribution in [0.3, 0.4) is 0 Å². The largest absolute Gasteiger partial charge is 0.379 e. The fraction of sp³-hybridized carbons (Fsp3) is 0.368. The molecule has 1 aromatic heterocycles. The Balaban J connectivity index is 1.63. The molecule has 11 heteroatoms. The third-order valence-electron chi connectivity index (χ3n) is 5.17. The third-order valence-corrected chi connectivity index (χ3v) is 6.12. The number of carbonyl (C=O) groups excluding carboxylic acids is 1. The molecule has 158 valence electrons. The van der Waals surface area contributed by atoms with Crippen LogP contribution in [-0.4, -0.2) is 40.0 Å². The van der Waals surface area contributed by atoms with Gasteiger partial charge in [-0.3, -0.25) is 9.78 Å². The van der Waals surface area contributed by atoms with E-state index in [1.54, 1.807) is 0 Å². The second-order valence-corrected chi connectivity index (χ2v) is 8.04. The van der Waals surface area contributed by atoms with Crippen molar-refractivity contribution in [3.05, 3.63) is 53.4 Å². The van der Waals surface area contributed by atoms with Gasteiger partial charge in [-0.05, 0) is 24.6 Å². The number of fused-ring (bicyclic) bond motifs is 1. The number of rotatable bonds is 4. The summed E-state index contributed by atoms with van der Waals surface area (Å²) in [6.45, 7) is 0.752. The molecule has 0 spiro atoms. The number of amides is 1. The van der Waals surface area contributed by atoms with Gasteiger partial charge < -0.3 is 15.8 Å². The normalized spacial score (nSPS) is 23.6. The lowest BCUT2D eigenvalue weighted by atomic mass is 9.76. The number of alkyl halides is 2. The lowest BCUT2D eigenvalue weighted by Crippen LogP contribution is -2.48. The van der Waals surface area contributed by atoms with E-state index < -0.39 is 29.4 Å². The van der Waals surface area contributed by atoms with Crippen molar-refractivity contribution in [3.8, 4) is 0 Å². The SMILES string of the molecule is NC1=N[C@@]2(c3cc(NC(=O)c4cnc(C(F)F)cn4)ccc3F)COCC[C@H]2CS1. The van der Waals surface area contributed by atoms with Crippen LogP contribution in [0.4, 0.5) is 18.9 Å². The van der Waals surface area contributed by atoms with Crippen LogP contribution >= 0.6 is 11.8 Å². The monoisotopic (exact) mass is 437 g/mol.